The van der Waals surface area contributed by atoms with Gasteiger partial charge in [-0.2, -0.15) is 0 Å². The maximum atomic E-state index is 12.8. The summed E-state index contributed by atoms with van der Waals surface area (Å²) >= 11 is 6.87. The molecule has 0 aliphatic carbocycles. The predicted octanol–water partition coefficient (Wildman–Crippen LogP) is 5.38. The van der Waals surface area contributed by atoms with E-state index in [1.54, 1.807) is 42.5 Å². The fourth-order valence-corrected chi connectivity index (χ4v) is 3.63. The second kappa shape index (κ2) is 8.50. The zero-order chi connectivity index (χ0) is 19.4. The Bertz CT molecular complexity index is 913. The average molecular weight is 404 g/mol. The van der Waals surface area contributed by atoms with Crippen molar-refractivity contribution in [2.75, 3.05) is 18.1 Å². The SMILES string of the molecule is CCOc1ccc(C=C2SC(=O)N(c3cccc(Cl)c3)C2=O)c(OCC)c1. The van der Waals surface area contributed by atoms with Gasteiger partial charge in [-0.15, -0.1) is 0 Å². The van der Waals surface area contributed by atoms with Gasteiger partial charge in [0.2, 0.25) is 0 Å². The van der Waals surface area contributed by atoms with Crippen molar-refractivity contribution in [3.63, 3.8) is 0 Å². The maximum Gasteiger partial charge on any atom is 0.298 e. The summed E-state index contributed by atoms with van der Waals surface area (Å²) in [7, 11) is 0. The summed E-state index contributed by atoms with van der Waals surface area (Å²) in [5.41, 5.74) is 1.15. The lowest BCUT2D eigenvalue weighted by Gasteiger charge is -2.12. The third kappa shape index (κ3) is 4.28. The summed E-state index contributed by atoms with van der Waals surface area (Å²) < 4.78 is 11.2. The molecule has 0 aromatic heterocycles. The summed E-state index contributed by atoms with van der Waals surface area (Å²) in [6.45, 7) is 4.80. The zero-order valence-corrected chi connectivity index (χ0v) is 16.5. The molecule has 1 aliphatic rings. The third-order valence-electron chi connectivity index (χ3n) is 3.74. The number of benzene rings is 2. The number of amides is 2. The monoisotopic (exact) mass is 403 g/mol. The Kier molecular flexibility index (Phi) is 6.08. The van der Waals surface area contributed by atoms with Gasteiger partial charge in [-0.05, 0) is 62.0 Å². The van der Waals surface area contributed by atoms with Crippen LogP contribution < -0.4 is 14.4 Å². The van der Waals surface area contributed by atoms with E-state index in [2.05, 4.69) is 0 Å². The van der Waals surface area contributed by atoms with E-state index in [4.69, 9.17) is 21.1 Å². The Morgan fingerprint density at radius 2 is 1.85 bits per heavy atom. The van der Waals surface area contributed by atoms with Gasteiger partial charge in [0.25, 0.3) is 11.1 Å². The van der Waals surface area contributed by atoms with E-state index in [1.807, 2.05) is 19.9 Å². The zero-order valence-electron chi connectivity index (χ0n) is 14.9. The van der Waals surface area contributed by atoms with Crippen molar-refractivity contribution in [1.82, 2.24) is 0 Å². The molecule has 0 spiro atoms. The molecule has 2 amide bonds. The summed E-state index contributed by atoms with van der Waals surface area (Å²) in [6.07, 6.45) is 1.66. The minimum atomic E-state index is -0.386. The van der Waals surface area contributed by atoms with Gasteiger partial charge < -0.3 is 9.47 Å². The van der Waals surface area contributed by atoms with Crippen molar-refractivity contribution < 1.29 is 19.1 Å². The molecular formula is C20H18ClNO4S. The highest BCUT2D eigenvalue weighted by Crippen LogP contribution is 2.38. The van der Waals surface area contributed by atoms with Crippen molar-refractivity contribution in [3.05, 3.63) is 58.0 Å². The van der Waals surface area contributed by atoms with E-state index in [9.17, 15) is 9.59 Å². The second-order valence-corrected chi connectivity index (χ2v) is 6.99. The molecule has 1 heterocycles. The highest BCUT2D eigenvalue weighted by Gasteiger charge is 2.36. The van der Waals surface area contributed by atoms with Crippen LogP contribution in [0, 0.1) is 0 Å². The Morgan fingerprint density at radius 1 is 1.07 bits per heavy atom. The summed E-state index contributed by atoms with van der Waals surface area (Å²) in [5.74, 6) is 0.895. The first-order valence-corrected chi connectivity index (χ1v) is 9.66. The molecule has 2 aromatic rings. The van der Waals surface area contributed by atoms with Crippen molar-refractivity contribution >= 4 is 46.3 Å². The summed E-state index contributed by atoms with van der Waals surface area (Å²) in [6, 6.07) is 12.0. The number of hydrogen-bond acceptors (Lipinski definition) is 5. The normalized spacial score (nSPS) is 15.5. The largest absolute Gasteiger partial charge is 0.494 e. The Balaban J connectivity index is 1.93. The Morgan fingerprint density at radius 3 is 2.56 bits per heavy atom. The maximum absolute atomic E-state index is 12.8. The quantitative estimate of drug-likeness (QED) is 0.606. The molecule has 0 N–H and O–H groups in total. The van der Waals surface area contributed by atoms with Crippen molar-refractivity contribution in [1.29, 1.82) is 0 Å². The van der Waals surface area contributed by atoms with Crippen LogP contribution in [0.2, 0.25) is 5.02 Å². The molecular weight excluding hydrogens is 386 g/mol. The molecule has 0 atom stereocenters. The van der Waals surface area contributed by atoms with Gasteiger partial charge in [0.1, 0.15) is 11.5 Å². The van der Waals surface area contributed by atoms with Gasteiger partial charge in [0.15, 0.2) is 0 Å². The van der Waals surface area contributed by atoms with Crippen LogP contribution in [-0.2, 0) is 4.79 Å². The number of anilines is 1. The number of rotatable bonds is 6. The van der Waals surface area contributed by atoms with Crippen LogP contribution >= 0.6 is 23.4 Å². The molecule has 1 saturated heterocycles. The number of carbonyl (C=O) groups is 2. The van der Waals surface area contributed by atoms with Crippen molar-refractivity contribution in [2.24, 2.45) is 0 Å². The molecule has 5 nitrogen and oxygen atoms in total. The van der Waals surface area contributed by atoms with Crippen LogP contribution in [0.1, 0.15) is 19.4 Å². The number of hydrogen-bond donors (Lipinski definition) is 0. The van der Waals surface area contributed by atoms with Crippen LogP contribution in [0.4, 0.5) is 10.5 Å². The lowest BCUT2D eigenvalue weighted by molar-refractivity contribution is -0.113. The smallest absolute Gasteiger partial charge is 0.298 e. The first kappa shape index (κ1) is 19.3. The Labute approximate surface area is 166 Å². The van der Waals surface area contributed by atoms with Gasteiger partial charge >= 0.3 is 0 Å². The standard InChI is InChI=1S/C20H18ClNO4S/c1-3-25-16-9-8-13(17(12-16)26-4-2)10-18-19(23)22(20(24)27-18)15-7-5-6-14(21)11-15/h5-12H,3-4H2,1-2H3. The molecule has 3 rings (SSSR count). The van der Waals surface area contributed by atoms with E-state index >= 15 is 0 Å². The number of thioether (sulfide) groups is 1. The average Bonchev–Trinajstić information content (AvgIpc) is 2.91. The van der Waals surface area contributed by atoms with Crippen molar-refractivity contribution in [3.8, 4) is 11.5 Å². The molecule has 0 unspecified atom stereocenters. The molecule has 27 heavy (non-hydrogen) atoms. The highest BCUT2D eigenvalue weighted by atomic mass is 35.5. The number of nitrogens with zero attached hydrogens (tertiary/aromatic N) is 1. The number of carbonyl (C=O) groups excluding carboxylic acids is 2. The van der Waals surface area contributed by atoms with E-state index in [1.165, 1.54) is 0 Å². The fraction of sp³-hybridized carbons (Fsp3) is 0.200. The third-order valence-corrected chi connectivity index (χ3v) is 4.85. The second-order valence-electron chi connectivity index (χ2n) is 5.56. The molecule has 1 aliphatic heterocycles. The minimum absolute atomic E-state index is 0.324. The van der Waals surface area contributed by atoms with E-state index in [0.29, 0.717) is 45.9 Å². The van der Waals surface area contributed by atoms with Crippen LogP contribution in [-0.4, -0.2) is 24.4 Å². The number of halogens is 1. The van der Waals surface area contributed by atoms with Crippen LogP contribution in [0.3, 0.4) is 0 Å². The summed E-state index contributed by atoms with van der Waals surface area (Å²) in [4.78, 5) is 26.6. The van der Waals surface area contributed by atoms with Crippen LogP contribution in [0.5, 0.6) is 11.5 Å². The molecule has 0 radical (unpaired) electrons. The Hall–Kier alpha value is -2.44. The molecule has 7 heteroatoms. The number of ether oxygens (including phenoxy) is 2. The van der Waals surface area contributed by atoms with Crippen LogP contribution in [0.25, 0.3) is 6.08 Å². The lowest BCUT2D eigenvalue weighted by atomic mass is 10.1. The lowest BCUT2D eigenvalue weighted by Crippen LogP contribution is -2.27. The first-order valence-electron chi connectivity index (χ1n) is 8.46. The highest BCUT2D eigenvalue weighted by molar-refractivity contribution is 8.19. The van der Waals surface area contributed by atoms with Crippen molar-refractivity contribution in [2.45, 2.75) is 13.8 Å². The predicted molar refractivity (Wildman–Crippen MR) is 109 cm³/mol. The number of imide groups is 1. The van der Waals surface area contributed by atoms with Gasteiger partial charge in [-0.25, -0.2) is 4.90 Å². The minimum Gasteiger partial charge on any atom is -0.494 e. The topological polar surface area (TPSA) is 55.8 Å². The van der Waals surface area contributed by atoms with Gasteiger partial charge in [0, 0.05) is 16.7 Å². The molecule has 140 valence electrons. The van der Waals surface area contributed by atoms with E-state index in [-0.39, 0.29) is 11.1 Å². The molecule has 0 bridgehead atoms. The van der Waals surface area contributed by atoms with Gasteiger partial charge in [-0.3, -0.25) is 9.59 Å². The molecule has 0 saturated carbocycles. The van der Waals surface area contributed by atoms with E-state index in [0.717, 1.165) is 16.7 Å². The summed E-state index contributed by atoms with van der Waals surface area (Å²) in [5, 5.41) is 0.0955. The van der Waals surface area contributed by atoms with E-state index < -0.39 is 0 Å². The fourth-order valence-electron chi connectivity index (χ4n) is 2.62. The van der Waals surface area contributed by atoms with Gasteiger partial charge in [0.05, 0.1) is 23.8 Å². The molecule has 1 fully saturated rings. The van der Waals surface area contributed by atoms with Gasteiger partial charge in [-0.1, -0.05) is 17.7 Å². The molecule has 2 aromatic carbocycles. The first-order chi connectivity index (χ1) is 13.0. The van der Waals surface area contributed by atoms with Crippen LogP contribution in [0.15, 0.2) is 47.4 Å².